The molecule has 0 aliphatic carbocycles. The minimum Gasteiger partial charge on any atom is -0.454 e. The van der Waals surface area contributed by atoms with Gasteiger partial charge in [0.15, 0.2) is 11.9 Å². The Morgan fingerprint density at radius 2 is 1.92 bits per heavy atom. The van der Waals surface area contributed by atoms with Gasteiger partial charge in [0.05, 0.1) is 11.8 Å². The van der Waals surface area contributed by atoms with Crippen molar-refractivity contribution in [2.75, 3.05) is 0 Å². The zero-order valence-electron chi connectivity index (χ0n) is 14.7. The monoisotopic (exact) mass is 356 g/mol. The van der Waals surface area contributed by atoms with Gasteiger partial charge in [-0.05, 0) is 38.8 Å². The van der Waals surface area contributed by atoms with Gasteiger partial charge in [-0.25, -0.2) is 4.98 Å². The highest BCUT2D eigenvalue weighted by atomic mass is 32.1. The van der Waals surface area contributed by atoms with E-state index >= 15 is 0 Å². The summed E-state index contributed by atoms with van der Waals surface area (Å²) in [6, 6.07) is 7.73. The number of hydrogen-bond acceptors (Lipinski definition) is 5. The van der Waals surface area contributed by atoms with Crippen molar-refractivity contribution in [1.82, 2.24) is 9.97 Å². The molecule has 0 aliphatic heterocycles. The molecule has 130 valence electrons. The molecule has 25 heavy (non-hydrogen) atoms. The Hall–Kier alpha value is -2.47. The summed E-state index contributed by atoms with van der Waals surface area (Å²) < 4.78 is 5.44. The first-order valence-corrected chi connectivity index (χ1v) is 8.91. The number of ether oxygens (including phenoxy) is 1. The number of nitrogens with one attached hydrogen (secondary N) is 1. The fraction of sp³-hybridized carbons (Fsp3) is 0.316. The van der Waals surface area contributed by atoms with E-state index in [0.717, 1.165) is 21.6 Å². The van der Waals surface area contributed by atoms with E-state index in [9.17, 15) is 9.59 Å². The van der Waals surface area contributed by atoms with Crippen molar-refractivity contribution in [2.45, 2.75) is 40.2 Å². The molecule has 0 unspecified atom stereocenters. The number of carbonyl (C=O) groups is 1. The number of carbonyl (C=O) groups excluding carboxylic acids is 1. The van der Waals surface area contributed by atoms with E-state index in [2.05, 4.69) is 9.97 Å². The normalized spacial score (nSPS) is 12.3. The van der Waals surface area contributed by atoms with Crippen molar-refractivity contribution < 1.29 is 9.53 Å². The van der Waals surface area contributed by atoms with Gasteiger partial charge < -0.3 is 9.72 Å². The topological polar surface area (TPSA) is 72.0 Å². The molecule has 1 N–H and O–H groups in total. The number of aryl methyl sites for hydroxylation is 3. The predicted molar refractivity (Wildman–Crippen MR) is 99.1 cm³/mol. The molecule has 0 aliphatic rings. The van der Waals surface area contributed by atoms with E-state index in [1.165, 1.54) is 11.3 Å². The molecule has 3 aromatic rings. The maximum absolute atomic E-state index is 12.3. The van der Waals surface area contributed by atoms with Crippen molar-refractivity contribution in [3.05, 3.63) is 62.0 Å². The van der Waals surface area contributed by atoms with E-state index in [4.69, 9.17) is 4.74 Å². The lowest BCUT2D eigenvalue weighted by atomic mass is 10.1. The quantitative estimate of drug-likeness (QED) is 0.723. The number of fused-ring (bicyclic) bond motifs is 1. The molecular weight excluding hydrogens is 336 g/mol. The van der Waals surface area contributed by atoms with Crippen LogP contribution < -0.4 is 5.56 Å². The highest BCUT2D eigenvalue weighted by Gasteiger charge is 2.18. The molecule has 1 atom stereocenters. The molecular formula is C19H20N2O3S. The van der Waals surface area contributed by atoms with E-state index in [0.29, 0.717) is 16.0 Å². The first kappa shape index (κ1) is 17.4. The van der Waals surface area contributed by atoms with Crippen molar-refractivity contribution in [3.8, 4) is 0 Å². The van der Waals surface area contributed by atoms with E-state index in [1.54, 1.807) is 6.92 Å². The molecule has 0 saturated heterocycles. The third-order valence-electron chi connectivity index (χ3n) is 4.22. The highest BCUT2D eigenvalue weighted by molar-refractivity contribution is 7.18. The average molecular weight is 356 g/mol. The minimum atomic E-state index is -0.613. The molecule has 0 bridgehead atoms. The van der Waals surface area contributed by atoms with Gasteiger partial charge in [-0.15, -0.1) is 11.3 Å². The third kappa shape index (κ3) is 3.64. The Balaban J connectivity index is 1.77. The van der Waals surface area contributed by atoms with Crippen molar-refractivity contribution in [2.24, 2.45) is 0 Å². The summed E-state index contributed by atoms with van der Waals surface area (Å²) in [4.78, 5) is 33.4. The van der Waals surface area contributed by atoms with E-state index in [-0.39, 0.29) is 17.9 Å². The fourth-order valence-corrected chi connectivity index (χ4v) is 3.67. The summed E-state index contributed by atoms with van der Waals surface area (Å²) in [5.74, 6) is 0.0219. The molecule has 0 spiro atoms. The van der Waals surface area contributed by atoms with Gasteiger partial charge in [0.1, 0.15) is 4.83 Å². The lowest BCUT2D eigenvalue weighted by Crippen LogP contribution is -2.18. The molecule has 2 heterocycles. The second-order valence-corrected chi connectivity index (χ2v) is 7.41. The molecule has 0 fully saturated rings. The maximum Gasteiger partial charge on any atom is 0.310 e. The van der Waals surface area contributed by atoms with Crippen LogP contribution in [0.2, 0.25) is 0 Å². The van der Waals surface area contributed by atoms with Gasteiger partial charge in [-0.3, -0.25) is 9.59 Å². The third-order valence-corrected chi connectivity index (χ3v) is 5.32. The van der Waals surface area contributed by atoms with E-state index in [1.807, 2.05) is 45.0 Å². The van der Waals surface area contributed by atoms with Crippen LogP contribution in [0, 0.1) is 20.8 Å². The Morgan fingerprint density at radius 3 is 2.60 bits per heavy atom. The molecule has 0 amide bonds. The Labute approximate surface area is 149 Å². The summed E-state index contributed by atoms with van der Waals surface area (Å²) in [6.45, 7) is 7.59. The molecule has 5 nitrogen and oxygen atoms in total. The van der Waals surface area contributed by atoms with Crippen LogP contribution in [0.5, 0.6) is 0 Å². The number of hydrogen-bond donors (Lipinski definition) is 1. The smallest absolute Gasteiger partial charge is 0.310 e. The Bertz CT molecular complexity index is 986. The highest BCUT2D eigenvalue weighted by Crippen LogP contribution is 2.27. The zero-order valence-corrected chi connectivity index (χ0v) is 15.5. The molecule has 2 aromatic heterocycles. The molecule has 1 aromatic carbocycles. The van der Waals surface area contributed by atoms with Gasteiger partial charge in [0.2, 0.25) is 0 Å². The molecule has 0 radical (unpaired) electrons. The largest absolute Gasteiger partial charge is 0.454 e. The number of thiophene rings is 1. The van der Waals surface area contributed by atoms with Crippen LogP contribution in [0.15, 0.2) is 29.1 Å². The minimum absolute atomic E-state index is 0.189. The van der Waals surface area contributed by atoms with E-state index < -0.39 is 6.10 Å². The SMILES string of the molecule is Cc1ccc(CC(=O)O[C@H](C)c2nc3sc(C)c(C)c3c(=O)[nH]2)cc1. The summed E-state index contributed by atoms with van der Waals surface area (Å²) in [5.41, 5.74) is 2.79. The van der Waals surface area contributed by atoms with Crippen LogP contribution in [0.4, 0.5) is 0 Å². The summed E-state index contributed by atoms with van der Waals surface area (Å²) >= 11 is 1.48. The summed E-state index contributed by atoms with van der Waals surface area (Å²) in [7, 11) is 0. The average Bonchev–Trinajstić information content (AvgIpc) is 2.84. The first-order chi connectivity index (χ1) is 11.8. The number of aromatic nitrogens is 2. The Kier molecular flexibility index (Phi) is 4.72. The van der Waals surface area contributed by atoms with Crippen molar-refractivity contribution in [1.29, 1.82) is 0 Å². The Morgan fingerprint density at radius 1 is 1.24 bits per heavy atom. The lowest BCUT2D eigenvalue weighted by molar-refractivity contribution is -0.148. The molecule has 6 heteroatoms. The maximum atomic E-state index is 12.3. The van der Waals surface area contributed by atoms with Gasteiger partial charge in [0, 0.05) is 4.88 Å². The zero-order chi connectivity index (χ0) is 18.1. The van der Waals surface area contributed by atoms with Crippen molar-refractivity contribution >= 4 is 27.5 Å². The first-order valence-electron chi connectivity index (χ1n) is 8.10. The fourth-order valence-electron chi connectivity index (χ4n) is 2.63. The van der Waals surface area contributed by atoms with Gasteiger partial charge in [-0.1, -0.05) is 29.8 Å². The summed E-state index contributed by atoms with van der Waals surface area (Å²) in [5, 5.41) is 0.615. The van der Waals surface area contributed by atoms with Gasteiger partial charge in [0.25, 0.3) is 5.56 Å². The molecule has 0 saturated carbocycles. The van der Waals surface area contributed by atoms with Crippen LogP contribution in [-0.4, -0.2) is 15.9 Å². The van der Waals surface area contributed by atoms with Crippen molar-refractivity contribution in [3.63, 3.8) is 0 Å². The second kappa shape index (κ2) is 6.80. The van der Waals surface area contributed by atoms with Crippen LogP contribution in [0.3, 0.4) is 0 Å². The van der Waals surface area contributed by atoms with Crippen LogP contribution >= 0.6 is 11.3 Å². The van der Waals surface area contributed by atoms with Gasteiger partial charge >= 0.3 is 5.97 Å². The number of benzene rings is 1. The molecule has 3 rings (SSSR count). The summed E-state index contributed by atoms with van der Waals surface area (Å²) in [6.07, 6.45) is -0.424. The number of H-pyrrole nitrogens is 1. The van der Waals surface area contributed by atoms with Crippen LogP contribution in [0.1, 0.15) is 40.4 Å². The number of esters is 1. The van der Waals surface area contributed by atoms with Crippen LogP contribution in [0.25, 0.3) is 10.2 Å². The number of nitrogens with zero attached hydrogens (tertiary/aromatic N) is 1. The van der Waals surface area contributed by atoms with Gasteiger partial charge in [-0.2, -0.15) is 0 Å². The number of rotatable bonds is 4. The lowest BCUT2D eigenvalue weighted by Gasteiger charge is -2.12. The standard InChI is InChI=1S/C19H20N2O3S/c1-10-5-7-14(8-6-10)9-15(22)24-12(3)17-20-18(23)16-11(2)13(4)25-19(16)21-17/h5-8,12H,9H2,1-4H3,(H,20,21,23)/t12-/m1/s1. The second-order valence-electron chi connectivity index (χ2n) is 6.21. The van der Waals surface area contributed by atoms with Crippen LogP contribution in [-0.2, 0) is 16.0 Å². The predicted octanol–water partition coefficient (Wildman–Crippen LogP) is 3.76. The number of aromatic amines is 1.